The number of nitrogens with two attached hydrogens (primary N) is 2. The first-order valence-electron chi connectivity index (χ1n) is 8.19. The van der Waals surface area contributed by atoms with Crippen LogP contribution in [0.2, 0.25) is 0 Å². The Hall–Kier alpha value is -3.90. The van der Waals surface area contributed by atoms with Crippen LogP contribution in [0.1, 0.15) is 11.4 Å². The lowest BCUT2D eigenvalue weighted by atomic mass is 10.3. The summed E-state index contributed by atoms with van der Waals surface area (Å²) in [6, 6.07) is 6.70. The van der Waals surface area contributed by atoms with Crippen LogP contribution in [0.5, 0.6) is 0 Å². The normalized spacial score (nSPS) is 12.8. The highest BCUT2D eigenvalue weighted by Crippen LogP contribution is 2.09. The maximum atomic E-state index is 11.3. The van der Waals surface area contributed by atoms with Crippen molar-refractivity contribution in [2.75, 3.05) is 23.7 Å². The molecule has 1 aliphatic rings. The maximum absolute atomic E-state index is 11.3. The quantitative estimate of drug-likeness (QED) is 0.348. The highest BCUT2D eigenvalue weighted by molar-refractivity contribution is 6.04. The number of rotatable bonds is 6. The summed E-state index contributed by atoms with van der Waals surface area (Å²) in [4.78, 5) is 31.0. The third kappa shape index (κ3) is 4.63. The molecular formula is C16H18N10O2. The fourth-order valence-electron chi connectivity index (χ4n) is 2.14. The van der Waals surface area contributed by atoms with Gasteiger partial charge >= 0.3 is 0 Å². The molecule has 0 aliphatic carbocycles. The minimum atomic E-state index is -0.306. The maximum Gasteiger partial charge on any atom is 0.238 e. The first kappa shape index (κ1) is 18.9. The van der Waals surface area contributed by atoms with E-state index in [9.17, 15) is 9.59 Å². The van der Waals surface area contributed by atoms with E-state index in [0.717, 1.165) is 0 Å². The van der Waals surface area contributed by atoms with E-state index in [-0.39, 0.29) is 24.9 Å². The van der Waals surface area contributed by atoms with E-state index in [0.29, 0.717) is 34.4 Å². The van der Waals surface area contributed by atoms with Crippen LogP contribution in [0, 0.1) is 0 Å². The van der Waals surface area contributed by atoms with Gasteiger partial charge < -0.3 is 22.1 Å². The zero-order valence-corrected chi connectivity index (χ0v) is 14.6. The molecule has 3 rings (SSSR count). The number of carbonyl (C=O) groups is 2. The molecule has 3 heterocycles. The number of amides is 2. The van der Waals surface area contributed by atoms with Crippen molar-refractivity contribution in [2.45, 2.75) is 0 Å². The average molecular weight is 382 g/mol. The van der Waals surface area contributed by atoms with E-state index in [2.05, 4.69) is 41.7 Å². The van der Waals surface area contributed by atoms with Gasteiger partial charge in [0.1, 0.15) is 11.4 Å². The molecule has 12 nitrogen and oxygen atoms in total. The van der Waals surface area contributed by atoms with Gasteiger partial charge in [0.25, 0.3) is 0 Å². The molecule has 1 aliphatic heterocycles. The molecule has 0 bridgehead atoms. The highest BCUT2D eigenvalue weighted by Gasteiger charge is 2.14. The minimum absolute atomic E-state index is 0.105. The van der Waals surface area contributed by atoms with E-state index in [1.165, 1.54) is 12.4 Å². The molecule has 12 heteroatoms. The molecule has 144 valence electrons. The third-order valence-electron chi connectivity index (χ3n) is 3.50. The van der Waals surface area contributed by atoms with Crippen molar-refractivity contribution in [3.05, 3.63) is 48.0 Å². The molecule has 0 unspecified atom stereocenters. The SMILES string of the molecule is NCC(=O)Nc1ccc(C2=NNC(c3ccc(NC(=O)CN)cn3)=NN2)nc1. The topological polar surface area (TPSA) is 185 Å². The Balaban J connectivity index is 1.62. The van der Waals surface area contributed by atoms with E-state index in [4.69, 9.17) is 11.5 Å². The van der Waals surface area contributed by atoms with Crippen molar-refractivity contribution in [1.82, 2.24) is 20.8 Å². The Morgan fingerprint density at radius 2 is 1.21 bits per heavy atom. The lowest BCUT2D eigenvalue weighted by Gasteiger charge is -2.14. The van der Waals surface area contributed by atoms with E-state index < -0.39 is 0 Å². The van der Waals surface area contributed by atoms with Gasteiger partial charge in [-0.05, 0) is 24.3 Å². The molecule has 0 aromatic carbocycles. The average Bonchev–Trinajstić information content (AvgIpc) is 2.75. The summed E-state index contributed by atoms with van der Waals surface area (Å²) < 4.78 is 0. The van der Waals surface area contributed by atoms with Crippen LogP contribution >= 0.6 is 0 Å². The number of amidine groups is 2. The van der Waals surface area contributed by atoms with Gasteiger partial charge in [-0.25, -0.2) is 0 Å². The summed E-state index contributed by atoms with van der Waals surface area (Å²) in [5, 5.41) is 13.6. The van der Waals surface area contributed by atoms with Crippen molar-refractivity contribution in [3.63, 3.8) is 0 Å². The van der Waals surface area contributed by atoms with Crippen LogP contribution < -0.4 is 33.0 Å². The van der Waals surface area contributed by atoms with Crippen LogP contribution in [0.25, 0.3) is 0 Å². The van der Waals surface area contributed by atoms with Crippen LogP contribution in [-0.4, -0.2) is 46.5 Å². The number of aromatic nitrogens is 2. The van der Waals surface area contributed by atoms with Gasteiger partial charge in [0.2, 0.25) is 11.8 Å². The largest absolute Gasteiger partial charge is 0.324 e. The van der Waals surface area contributed by atoms with Crippen LogP contribution in [-0.2, 0) is 9.59 Å². The Labute approximate surface area is 159 Å². The van der Waals surface area contributed by atoms with Gasteiger partial charge in [0.15, 0.2) is 11.7 Å². The number of nitrogens with one attached hydrogen (secondary N) is 4. The van der Waals surface area contributed by atoms with Gasteiger partial charge in [-0.3, -0.25) is 30.4 Å². The number of hydrazone groups is 2. The predicted octanol–water partition coefficient (Wildman–Crippen LogP) is -1.51. The zero-order chi connectivity index (χ0) is 19.9. The second-order valence-electron chi connectivity index (χ2n) is 5.51. The molecule has 28 heavy (non-hydrogen) atoms. The molecule has 0 radical (unpaired) electrons. The molecule has 2 aromatic rings. The number of nitrogens with zero attached hydrogens (tertiary/aromatic N) is 4. The fourth-order valence-corrected chi connectivity index (χ4v) is 2.14. The van der Waals surface area contributed by atoms with Gasteiger partial charge in [-0.15, -0.1) is 0 Å². The number of pyridine rings is 2. The van der Waals surface area contributed by atoms with Gasteiger partial charge in [0.05, 0.1) is 36.9 Å². The first-order valence-corrected chi connectivity index (χ1v) is 8.19. The summed E-state index contributed by atoms with van der Waals surface area (Å²) in [6.45, 7) is -0.211. The number of hydrogen-bond acceptors (Lipinski definition) is 10. The summed E-state index contributed by atoms with van der Waals surface area (Å²) in [7, 11) is 0. The molecule has 2 aromatic heterocycles. The molecule has 2 amide bonds. The summed E-state index contributed by atoms with van der Waals surface area (Å²) in [5.41, 5.74) is 18.2. The minimum Gasteiger partial charge on any atom is -0.324 e. The smallest absolute Gasteiger partial charge is 0.238 e. The molecule has 0 saturated heterocycles. The second-order valence-corrected chi connectivity index (χ2v) is 5.51. The molecule has 0 saturated carbocycles. The number of anilines is 2. The van der Waals surface area contributed by atoms with Crippen molar-refractivity contribution < 1.29 is 9.59 Å². The van der Waals surface area contributed by atoms with Crippen LogP contribution in [0.3, 0.4) is 0 Å². The molecule has 0 spiro atoms. The van der Waals surface area contributed by atoms with E-state index >= 15 is 0 Å². The van der Waals surface area contributed by atoms with Crippen LogP contribution in [0.4, 0.5) is 11.4 Å². The monoisotopic (exact) mass is 382 g/mol. The molecular weight excluding hydrogens is 364 g/mol. The van der Waals surface area contributed by atoms with Gasteiger partial charge in [-0.2, -0.15) is 10.2 Å². The Morgan fingerprint density at radius 1 is 0.786 bits per heavy atom. The number of carbonyl (C=O) groups excluding carboxylic acids is 2. The second kappa shape index (κ2) is 8.66. The van der Waals surface area contributed by atoms with Crippen molar-refractivity contribution in [3.8, 4) is 0 Å². The predicted molar refractivity (Wildman–Crippen MR) is 103 cm³/mol. The number of hydrogen-bond donors (Lipinski definition) is 6. The van der Waals surface area contributed by atoms with E-state index in [1.807, 2.05) is 0 Å². The Bertz CT molecular complexity index is 844. The van der Waals surface area contributed by atoms with Gasteiger partial charge in [0, 0.05) is 0 Å². The first-order chi connectivity index (χ1) is 13.6. The molecule has 0 fully saturated rings. The Kier molecular flexibility index (Phi) is 5.84. The standard InChI is InChI=1S/C16H18N10O2/c17-5-13(27)21-9-1-3-11(19-7-9)15-23-25-16(26-24-15)12-4-2-10(8-20-12)22-14(28)6-18/h1-4,7-8H,5-6,17-18H2,(H,21,27)(H,22,28)(H,23,24)(H,25,26). The van der Waals surface area contributed by atoms with Crippen molar-refractivity contribution in [1.29, 1.82) is 0 Å². The van der Waals surface area contributed by atoms with Gasteiger partial charge in [-0.1, -0.05) is 0 Å². The lowest BCUT2D eigenvalue weighted by molar-refractivity contribution is -0.115. The molecule has 8 N–H and O–H groups in total. The zero-order valence-electron chi connectivity index (χ0n) is 14.6. The lowest BCUT2D eigenvalue weighted by Crippen LogP contribution is -2.35. The van der Waals surface area contributed by atoms with Crippen LogP contribution in [0.15, 0.2) is 46.9 Å². The highest BCUT2D eigenvalue weighted by atomic mass is 16.2. The summed E-state index contributed by atoms with van der Waals surface area (Å²) in [5.74, 6) is 0.180. The van der Waals surface area contributed by atoms with Crippen molar-refractivity contribution in [2.24, 2.45) is 21.7 Å². The summed E-state index contributed by atoms with van der Waals surface area (Å²) in [6.07, 6.45) is 2.98. The molecule has 0 atom stereocenters. The fraction of sp³-hybridized carbons (Fsp3) is 0.125. The van der Waals surface area contributed by atoms with Crippen molar-refractivity contribution >= 4 is 34.9 Å². The summed E-state index contributed by atoms with van der Waals surface area (Å²) >= 11 is 0. The van der Waals surface area contributed by atoms with E-state index in [1.54, 1.807) is 24.3 Å². The third-order valence-corrected chi connectivity index (χ3v) is 3.50. The Morgan fingerprint density at radius 3 is 1.50 bits per heavy atom.